The Morgan fingerprint density at radius 3 is 2.47 bits per heavy atom. The molecule has 0 bridgehead atoms. The lowest BCUT2D eigenvalue weighted by atomic mass is 10.0. The number of hydrogen-bond donors (Lipinski definition) is 2. The molecule has 2 amide bonds. The molecule has 0 aliphatic carbocycles. The molecule has 0 aliphatic rings. The van der Waals surface area contributed by atoms with Gasteiger partial charge >= 0.3 is 5.97 Å². The summed E-state index contributed by atoms with van der Waals surface area (Å²) in [6, 6.07) is 11.5. The lowest BCUT2D eigenvalue weighted by molar-refractivity contribution is -0.150. The van der Waals surface area contributed by atoms with Gasteiger partial charge in [-0.1, -0.05) is 31.5 Å². The van der Waals surface area contributed by atoms with Crippen molar-refractivity contribution in [3.63, 3.8) is 0 Å². The maximum atomic E-state index is 12.5. The van der Waals surface area contributed by atoms with Crippen molar-refractivity contribution < 1.29 is 23.5 Å². The van der Waals surface area contributed by atoms with E-state index in [2.05, 4.69) is 15.7 Å². The summed E-state index contributed by atoms with van der Waals surface area (Å²) < 4.78 is 11.8. The monoisotopic (exact) mass is 438 g/mol. The largest absolute Gasteiger partial charge is 0.459 e. The summed E-state index contributed by atoms with van der Waals surface area (Å²) in [5, 5.41) is 9.70. The third kappa shape index (κ3) is 5.63. The zero-order valence-electron chi connectivity index (χ0n) is 18.4. The van der Waals surface area contributed by atoms with Crippen molar-refractivity contribution in [2.45, 2.75) is 33.7 Å². The third-order valence-electron chi connectivity index (χ3n) is 4.68. The van der Waals surface area contributed by atoms with Crippen molar-refractivity contribution in [3.8, 4) is 5.69 Å². The Balaban J connectivity index is 1.61. The van der Waals surface area contributed by atoms with Crippen LogP contribution in [0.4, 0.5) is 5.82 Å². The van der Waals surface area contributed by atoms with Crippen LogP contribution in [0, 0.1) is 19.8 Å². The number of anilines is 1. The number of aromatic nitrogens is 2. The first-order valence-electron chi connectivity index (χ1n) is 10.2. The zero-order valence-corrected chi connectivity index (χ0v) is 18.4. The summed E-state index contributed by atoms with van der Waals surface area (Å²) in [7, 11) is 0. The molecule has 3 aromatic rings. The van der Waals surface area contributed by atoms with Gasteiger partial charge in [-0.25, -0.2) is 9.48 Å². The minimum Gasteiger partial charge on any atom is -0.459 e. The molecule has 9 heteroatoms. The SMILES string of the molecule is Cc1ccc(-n2nc(C)cc2NC(=O)COC(=O)[C@@H](NC(=O)c2ccco2)C(C)C)cc1. The van der Waals surface area contributed by atoms with Crippen LogP contribution in [0.15, 0.2) is 53.1 Å². The fourth-order valence-electron chi connectivity index (χ4n) is 2.99. The number of aryl methyl sites for hydroxylation is 2. The highest BCUT2D eigenvalue weighted by molar-refractivity contribution is 5.96. The molecular formula is C23H26N4O5. The number of carbonyl (C=O) groups excluding carboxylic acids is 3. The first-order chi connectivity index (χ1) is 15.2. The predicted molar refractivity (Wildman–Crippen MR) is 117 cm³/mol. The van der Waals surface area contributed by atoms with E-state index in [4.69, 9.17) is 9.15 Å². The number of hydrogen-bond acceptors (Lipinski definition) is 6. The second kappa shape index (κ2) is 9.95. The predicted octanol–water partition coefficient (Wildman–Crippen LogP) is 3.02. The van der Waals surface area contributed by atoms with E-state index in [1.165, 1.54) is 12.3 Å². The summed E-state index contributed by atoms with van der Waals surface area (Å²) in [6.07, 6.45) is 1.37. The zero-order chi connectivity index (χ0) is 23.3. The number of furan rings is 1. The molecule has 0 saturated heterocycles. The van der Waals surface area contributed by atoms with Crippen LogP contribution < -0.4 is 10.6 Å². The molecule has 2 N–H and O–H groups in total. The van der Waals surface area contributed by atoms with Crippen molar-refractivity contribution >= 4 is 23.6 Å². The summed E-state index contributed by atoms with van der Waals surface area (Å²) in [6.45, 7) is 6.82. The molecule has 32 heavy (non-hydrogen) atoms. The van der Waals surface area contributed by atoms with Gasteiger partial charge in [-0.15, -0.1) is 0 Å². The topological polar surface area (TPSA) is 115 Å². The minimum atomic E-state index is -0.930. The summed E-state index contributed by atoms with van der Waals surface area (Å²) in [5.41, 5.74) is 2.61. The number of rotatable bonds is 8. The van der Waals surface area contributed by atoms with Gasteiger partial charge in [0.15, 0.2) is 12.4 Å². The van der Waals surface area contributed by atoms with Crippen molar-refractivity contribution in [2.75, 3.05) is 11.9 Å². The average molecular weight is 438 g/mol. The van der Waals surface area contributed by atoms with Gasteiger partial charge in [-0.3, -0.25) is 9.59 Å². The molecule has 3 rings (SSSR count). The fourth-order valence-corrected chi connectivity index (χ4v) is 2.99. The van der Waals surface area contributed by atoms with Crippen molar-refractivity contribution in [1.82, 2.24) is 15.1 Å². The molecule has 1 atom stereocenters. The summed E-state index contributed by atoms with van der Waals surface area (Å²) in [4.78, 5) is 37.1. The van der Waals surface area contributed by atoms with E-state index in [0.717, 1.165) is 16.9 Å². The maximum Gasteiger partial charge on any atom is 0.329 e. The van der Waals surface area contributed by atoms with Gasteiger partial charge < -0.3 is 19.8 Å². The van der Waals surface area contributed by atoms with Gasteiger partial charge in [-0.2, -0.15) is 5.10 Å². The standard InChI is InChI=1S/C23H26N4O5/c1-14(2)21(25-22(29)18-6-5-11-31-18)23(30)32-13-20(28)24-19-12-16(4)26-27(19)17-9-7-15(3)8-10-17/h5-12,14,21H,13H2,1-4H3,(H,24,28)(H,25,29)/t21-/m0/s1. The van der Waals surface area contributed by atoms with Crippen LogP contribution in [0.5, 0.6) is 0 Å². The second-order valence-corrected chi connectivity index (χ2v) is 7.75. The molecule has 0 aliphatic heterocycles. The summed E-state index contributed by atoms with van der Waals surface area (Å²) >= 11 is 0. The Morgan fingerprint density at radius 2 is 1.84 bits per heavy atom. The van der Waals surface area contributed by atoms with E-state index in [1.807, 2.05) is 38.1 Å². The van der Waals surface area contributed by atoms with E-state index < -0.39 is 30.4 Å². The van der Waals surface area contributed by atoms with E-state index in [1.54, 1.807) is 30.7 Å². The van der Waals surface area contributed by atoms with Gasteiger partial charge in [0.2, 0.25) is 0 Å². The van der Waals surface area contributed by atoms with Crippen molar-refractivity contribution in [2.24, 2.45) is 5.92 Å². The Morgan fingerprint density at radius 1 is 1.12 bits per heavy atom. The lowest BCUT2D eigenvalue weighted by Gasteiger charge is -2.20. The Kier molecular flexibility index (Phi) is 7.09. The number of benzene rings is 1. The van der Waals surface area contributed by atoms with E-state index in [-0.39, 0.29) is 11.7 Å². The molecule has 2 heterocycles. The van der Waals surface area contributed by atoms with Crippen LogP contribution >= 0.6 is 0 Å². The van der Waals surface area contributed by atoms with E-state index in [9.17, 15) is 14.4 Å². The molecule has 0 fully saturated rings. The Hall–Kier alpha value is -3.88. The van der Waals surface area contributed by atoms with Gasteiger partial charge in [-0.05, 0) is 44.0 Å². The molecule has 0 unspecified atom stereocenters. The maximum absolute atomic E-state index is 12.5. The number of nitrogens with one attached hydrogen (secondary N) is 2. The van der Waals surface area contributed by atoms with Crippen LogP contribution in [0.1, 0.15) is 35.7 Å². The highest BCUT2D eigenvalue weighted by Crippen LogP contribution is 2.17. The molecular weight excluding hydrogens is 412 g/mol. The Labute approximate surface area is 185 Å². The van der Waals surface area contributed by atoms with Gasteiger partial charge in [0.25, 0.3) is 11.8 Å². The van der Waals surface area contributed by atoms with Crippen molar-refractivity contribution in [3.05, 3.63) is 65.7 Å². The molecule has 0 spiro atoms. The van der Waals surface area contributed by atoms with Gasteiger partial charge in [0.1, 0.15) is 11.9 Å². The third-order valence-corrected chi connectivity index (χ3v) is 4.68. The number of nitrogens with zero attached hydrogens (tertiary/aromatic N) is 2. The molecule has 168 valence electrons. The average Bonchev–Trinajstić information content (AvgIpc) is 3.40. The Bertz CT molecular complexity index is 1080. The van der Waals surface area contributed by atoms with E-state index >= 15 is 0 Å². The number of amides is 2. The van der Waals surface area contributed by atoms with Crippen molar-refractivity contribution in [1.29, 1.82) is 0 Å². The minimum absolute atomic E-state index is 0.0842. The second-order valence-electron chi connectivity index (χ2n) is 7.75. The van der Waals surface area contributed by atoms with Gasteiger partial charge in [0, 0.05) is 6.07 Å². The molecule has 2 aromatic heterocycles. The summed E-state index contributed by atoms with van der Waals surface area (Å²) in [5.74, 6) is -1.48. The molecule has 0 radical (unpaired) electrons. The van der Waals surface area contributed by atoms with Crippen LogP contribution in [0.3, 0.4) is 0 Å². The number of ether oxygens (including phenoxy) is 1. The highest BCUT2D eigenvalue weighted by atomic mass is 16.5. The molecule has 9 nitrogen and oxygen atoms in total. The normalized spacial score (nSPS) is 11.8. The van der Waals surface area contributed by atoms with Crippen LogP contribution in [0.25, 0.3) is 5.69 Å². The van der Waals surface area contributed by atoms with Gasteiger partial charge in [0.05, 0.1) is 17.6 Å². The lowest BCUT2D eigenvalue weighted by Crippen LogP contribution is -2.45. The molecule has 0 saturated carbocycles. The quantitative estimate of drug-likeness (QED) is 0.523. The first-order valence-corrected chi connectivity index (χ1v) is 10.2. The number of carbonyl (C=O) groups is 3. The first kappa shape index (κ1) is 22.8. The smallest absolute Gasteiger partial charge is 0.329 e. The van der Waals surface area contributed by atoms with Crippen LogP contribution in [-0.2, 0) is 14.3 Å². The molecule has 1 aromatic carbocycles. The highest BCUT2D eigenvalue weighted by Gasteiger charge is 2.27. The number of esters is 1. The van der Waals surface area contributed by atoms with Crippen LogP contribution in [-0.4, -0.2) is 40.2 Å². The fraction of sp³-hybridized carbons (Fsp3) is 0.304. The van der Waals surface area contributed by atoms with E-state index in [0.29, 0.717) is 5.82 Å². The van der Waals surface area contributed by atoms with Crippen LogP contribution in [0.2, 0.25) is 0 Å².